The van der Waals surface area contributed by atoms with Gasteiger partial charge in [0.2, 0.25) is 5.91 Å². The quantitative estimate of drug-likeness (QED) is 0.738. The first-order valence-electron chi connectivity index (χ1n) is 7.84. The maximum atomic E-state index is 12.0. The second kappa shape index (κ2) is 7.53. The highest BCUT2D eigenvalue weighted by atomic mass is 16.2. The summed E-state index contributed by atoms with van der Waals surface area (Å²) in [6.45, 7) is 0.993. The van der Waals surface area contributed by atoms with Gasteiger partial charge < -0.3 is 16.0 Å². The van der Waals surface area contributed by atoms with Gasteiger partial charge in [0, 0.05) is 19.3 Å². The summed E-state index contributed by atoms with van der Waals surface area (Å²) in [6.07, 6.45) is 7.17. The summed E-state index contributed by atoms with van der Waals surface area (Å²) >= 11 is 0. The predicted molar refractivity (Wildman–Crippen MR) is 85.2 cm³/mol. The monoisotopic (exact) mass is 329 g/mol. The second-order valence-corrected chi connectivity index (χ2v) is 5.53. The van der Waals surface area contributed by atoms with Crippen LogP contribution in [0.1, 0.15) is 24.8 Å². The Kier molecular flexibility index (Phi) is 4.99. The molecule has 9 heteroatoms. The van der Waals surface area contributed by atoms with Crippen molar-refractivity contribution in [1.82, 2.24) is 35.7 Å². The van der Waals surface area contributed by atoms with Gasteiger partial charge in [0.05, 0.1) is 0 Å². The molecule has 3 N–H and O–H groups in total. The molecule has 3 rings (SSSR count). The molecule has 0 spiro atoms. The molecule has 126 valence electrons. The lowest BCUT2D eigenvalue weighted by Gasteiger charge is -2.15. The van der Waals surface area contributed by atoms with Gasteiger partial charge in [-0.3, -0.25) is 4.79 Å². The van der Waals surface area contributed by atoms with Crippen LogP contribution in [0.4, 0.5) is 4.79 Å². The predicted octanol–water partition coefficient (Wildman–Crippen LogP) is 0.130. The zero-order chi connectivity index (χ0) is 16.8. The molecule has 1 fully saturated rings. The Morgan fingerprint density at radius 1 is 1.38 bits per heavy atom. The lowest BCUT2D eigenvalue weighted by atomic mass is 10.1. The highest BCUT2D eigenvalue weighted by molar-refractivity contribution is 5.87. The Morgan fingerprint density at radius 3 is 3.04 bits per heavy atom. The van der Waals surface area contributed by atoms with Crippen LogP contribution in [0.15, 0.2) is 31.0 Å². The molecular weight excluding hydrogens is 310 g/mol. The Morgan fingerprint density at radius 2 is 2.29 bits per heavy atom. The SMILES string of the molecule is O=C(NCc1ccc(-n2cncn2)nc1)NC1CCCCNC1=O. The fourth-order valence-electron chi connectivity index (χ4n) is 2.45. The molecule has 1 aliphatic heterocycles. The molecule has 1 atom stereocenters. The standard InChI is InChI=1S/C15H19N7O2/c23-14-12(3-1-2-6-17-14)21-15(24)19-8-11-4-5-13(18-7-11)22-10-16-9-20-22/h4-5,7,9-10,12H,1-3,6,8H2,(H,17,23)(H2,19,21,24). The number of pyridine rings is 1. The lowest BCUT2D eigenvalue weighted by Crippen LogP contribution is -2.48. The third-order valence-corrected chi connectivity index (χ3v) is 3.76. The number of rotatable bonds is 4. The van der Waals surface area contributed by atoms with E-state index in [2.05, 4.69) is 31.0 Å². The molecule has 0 aromatic carbocycles. The molecule has 0 aliphatic carbocycles. The van der Waals surface area contributed by atoms with Gasteiger partial charge in [0.25, 0.3) is 0 Å². The van der Waals surface area contributed by atoms with Crippen LogP contribution in [0.5, 0.6) is 0 Å². The van der Waals surface area contributed by atoms with Crippen LogP contribution in [0.3, 0.4) is 0 Å². The van der Waals surface area contributed by atoms with Crippen molar-refractivity contribution >= 4 is 11.9 Å². The van der Waals surface area contributed by atoms with E-state index >= 15 is 0 Å². The van der Waals surface area contributed by atoms with Crippen molar-refractivity contribution in [1.29, 1.82) is 0 Å². The van der Waals surface area contributed by atoms with Gasteiger partial charge in [-0.15, -0.1) is 0 Å². The van der Waals surface area contributed by atoms with Gasteiger partial charge in [0.1, 0.15) is 18.7 Å². The van der Waals surface area contributed by atoms with E-state index in [1.807, 2.05) is 6.07 Å². The van der Waals surface area contributed by atoms with Crippen LogP contribution in [-0.4, -0.2) is 44.3 Å². The molecule has 3 heterocycles. The molecule has 1 saturated heterocycles. The Hall–Kier alpha value is -2.97. The fraction of sp³-hybridized carbons (Fsp3) is 0.400. The molecule has 1 unspecified atom stereocenters. The summed E-state index contributed by atoms with van der Waals surface area (Å²) in [5.41, 5.74) is 0.847. The first kappa shape index (κ1) is 15.9. The number of hydrogen-bond donors (Lipinski definition) is 3. The second-order valence-electron chi connectivity index (χ2n) is 5.53. The van der Waals surface area contributed by atoms with Crippen LogP contribution in [0.2, 0.25) is 0 Å². The maximum absolute atomic E-state index is 12.0. The minimum atomic E-state index is -0.472. The van der Waals surface area contributed by atoms with Crippen molar-refractivity contribution in [3.8, 4) is 5.82 Å². The van der Waals surface area contributed by atoms with Crippen molar-refractivity contribution in [3.63, 3.8) is 0 Å². The molecular formula is C15H19N7O2. The summed E-state index contributed by atoms with van der Waals surface area (Å²) in [5.74, 6) is 0.525. The number of amides is 3. The Labute approximate surface area is 138 Å². The Bertz CT molecular complexity index is 684. The molecule has 24 heavy (non-hydrogen) atoms. The highest BCUT2D eigenvalue weighted by Crippen LogP contribution is 2.06. The van der Waals surface area contributed by atoms with Gasteiger partial charge in [-0.05, 0) is 30.9 Å². The summed E-state index contributed by atoms with van der Waals surface area (Å²) in [6, 6.07) is 2.81. The number of urea groups is 1. The van der Waals surface area contributed by atoms with Crippen LogP contribution in [0, 0.1) is 0 Å². The van der Waals surface area contributed by atoms with E-state index < -0.39 is 6.04 Å². The molecule has 0 saturated carbocycles. The molecule has 2 aromatic rings. The minimum absolute atomic E-state index is 0.124. The first-order valence-corrected chi connectivity index (χ1v) is 7.84. The summed E-state index contributed by atoms with van der Waals surface area (Å²) in [4.78, 5) is 31.9. The third kappa shape index (κ3) is 4.06. The van der Waals surface area contributed by atoms with E-state index in [-0.39, 0.29) is 11.9 Å². The molecule has 2 aromatic heterocycles. The number of hydrogen-bond acceptors (Lipinski definition) is 5. The molecule has 0 bridgehead atoms. The van der Waals surface area contributed by atoms with E-state index in [0.29, 0.717) is 25.3 Å². The van der Waals surface area contributed by atoms with E-state index in [0.717, 1.165) is 18.4 Å². The topological polar surface area (TPSA) is 114 Å². The van der Waals surface area contributed by atoms with E-state index in [9.17, 15) is 9.59 Å². The maximum Gasteiger partial charge on any atom is 0.315 e. The minimum Gasteiger partial charge on any atom is -0.354 e. The normalized spacial score (nSPS) is 17.7. The largest absolute Gasteiger partial charge is 0.354 e. The van der Waals surface area contributed by atoms with Crippen molar-refractivity contribution in [2.75, 3.05) is 6.54 Å². The lowest BCUT2D eigenvalue weighted by molar-refractivity contribution is -0.122. The van der Waals surface area contributed by atoms with Crippen LogP contribution in [-0.2, 0) is 11.3 Å². The smallest absolute Gasteiger partial charge is 0.315 e. The van der Waals surface area contributed by atoms with Crippen LogP contribution in [0.25, 0.3) is 5.82 Å². The average Bonchev–Trinajstić information content (AvgIpc) is 3.06. The van der Waals surface area contributed by atoms with E-state index in [1.165, 1.54) is 6.33 Å². The molecule has 9 nitrogen and oxygen atoms in total. The first-order chi connectivity index (χ1) is 11.7. The highest BCUT2D eigenvalue weighted by Gasteiger charge is 2.22. The molecule has 3 amide bonds. The average molecular weight is 329 g/mol. The van der Waals surface area contributed by atoms with Gasteiger partial charge in [-0.25, -0.2) is 19.4 Å². The van der Waals surface area contributed by atoms with Crippen molar-refractivity contribution < 1.29 is 9.59 Å². The number of nitrogens with one attached hydrogen (secondary N) is 3. The molecule has 0 radical (unpaired) electrons. The van der Waals surface area contributed by atoms with Gasteiger partial charge in [-0.1, -0.05) is 6.07 Å². The van der Waals surface area contributed by atoms with E-state index in [4.69, 9.17) is 0 Å². The fourth-order valence-corrected chi connectivity index (χ4v) is 2.45. The Balaban J connectivity index is 1.50. The third-order valence-electron chi connectivity index (χ3n) is 3.76. The van der Waals surface area contributed by atoms with Crippen LogP contribution < -0.4 is 16.0 Å². The van der Waals surface area contributed by atoms with Gasteiger partial charge >= 0.3 is 6.03 Å². The summed E-state index contributed by atoms with van der Waals surface area (Å²) < 4.78 is 1.55. The summed E-state index contributed by atoms with van der Waals surface area (Å²) in [5, 5.41) is 12.2. The van der Waals surface area contributed by atoms with Crippen molar-refractivity contribution in [2.45, 2.75) is 31.8 Å². The number of carbonyl (C=O) groups is 2. The van der Waals surface area contributed by atoms with Gasteiger partial charge in [-0.2, -0.15) is 5.10 Å². The number of aromatic nitrogens is 4. The van der Waals surface area contributed by atoms with Gasteiger partial charge in [0.15, 0.2) is 5.82 Å². The van der Waals surface area contributed by atoms with Crippen molar-refractivity contribution in [2.24, 2.45) is 0 Å². The zero-order valence-electron chi connectivity index (χ0n) is 13.1. The zero-order valence-corrected chi connectivity index (χ0v) is 13.1. The van der Waals surface area contributed by atoms with Crippen molar-refractivity contribution in [3.05, 3.63) is 36.5 Å². The number of carbonyl (C=O) groups excluding carboxylic acids is 2. The number of nitrogens with zero attached hydrogens (tertiary/aromatic N) is 4. The molecule has 1 aliphatic rings. The van der Waals surface area contributed by atoms with E-state index in [1.54, 1.807) is 23.3 Å². The summed E-state index contributed by atoms with van der Waals surface area (Å²) in [7, 11) is 0. The van der Waals surface area contributed by atoms with Crippen LogP contribution >= 0.6 is 0 Å².